The summed E-state index contributed by atoms with van der Waals surface area (Å²) in [5.41, 5.74) is 3.74. The molecule has 3 rings (SSSR count). The van der Waals surface area contributed by atoms with Crippen molar-refractivity contribution in [1.29, 1.82) is 0 Å². The number of nitrogens with one attached hydrogen (secondary N) is 1. The van der Waals surface area contributed by atoms with Gasteiger partial charge in [0, 0.05) is 12.6 Å². The molecule has 0 radical (unpaired) electrons. The maximum absolute atomic E-state index is 5.29. The maximum Gasteiger partial charge on any atom is 0.181 e. The Hall–Kier alpha value is -1.88. The standard InChI is InChI=1S/C12H11N3OS/c1-7-11(13-2)17-12(15-7)8-3-4-9-10(5-8)16-6-14-9/h3-6,13H,1-2H3. The van der Waals surface area contributed by atoms with Gasteiger partial charge in [0.05, 0.1) is 5.69 Å². The van der Waals surface area contributed by atoms with Crippen LogP contribution in [0.2, 0.25) is 0 Å². The predicted molar refractivity (Wildman–Crippen MR) is 69.4 cm³/mol. The highest BCUT2D eigenvalue weighted by Gasteiger charge is 2.09. The van der Waals surface area contributed by atoms with Gasteiger partial charge < -0.3 is 9.73 Å². The summed E-state index contributed by atoms with van der Waals surface area (Å²) in [6.07, 6.45) is 1.46. The normalized spacial score (nSPS) is 10.9. The van der Waals surface area contributed by atoms with Crippen molar-refractivity contribution in [3.05, 3.63) is 30.3 Å². The second kappa shape index (κ2) is 3.85. The monoisotopic (exact) mass is 245 g/mol. The smallest absolute Gasteiger partial charge is 0.181 e. The van der Waals surface area contributed by atoms with Crippen molar-refractivity contribution < 1.29 is 4.42 Å². The van der Waals surface area contributed by atoms with Gasteiger partial charge in [-0.1, -0.05) is 11.3 Å². The summed E-state index contributed by atoms with van der Waals surface area (Å²) in [5.74, 6) is 0. The van der Waals surface area contributed by atoms with Gasteiger partial charge >= 0.3 is 0 Å². The zero-order chi connectivity index (χ0) is 11.8. The summed E-state index contributed by atoms with van der Waals surface area (Å²) in [6, 6.07) is 5.94. The number of hydrogen-bond acceptors (Lipinski definition) is 5. The first-order chi connectivity index (χ1) is 8.28. The van der Waals surface area contributed by atoms with E-state index in [2.05, 4.69) is 15.3 Å². The van der Waals surface area contributed by atoms with Crippen LogP contribution < -0.4 is 5.32 Å². The third kappa shape index (κ3) is 1.68. The van der Waals surface area contributed by atoms with Crippen molar-refractivity contribution in [2.24, 2.45) is 0 Å². The number of nitrogens with zero attached hydrogens (tertiary/aromatic N) is 2. The molecule has 1 N–H and O–H groups in total. The van der Waals surface area contributed by atoms with Crippen LogP contribution in [0.3, 0.4) is 0 Å². The van der Waals surface area contributed by atoms with Crippen molar-refractivity contribution in [3.8, 4) is 10.6 Å². The third-order valence-electron chi connectivity index (χ3n) is 2.60. The molecule has 5 heteroatoms. The van der Waals surface area contributed by atoms with Crippen LogP contribution in [0.5, 0.6) is 0 Å². The third-order valence-corrected chi connectivity index (χ3v) is 3.83. The molecule has 0 fully saturated rings. The van der Waals surface area contributed by atoms with Crippen LogP contribution in [-0.2, 0) is 0 Å². The number of aromatic nitrogens is 2. The Labute approximate surface area is 102 Å². The van der Waals surface area contributed by atoms with Gasteiger partial charge in [0.1, 0.15) is 15.5 Å². The molecule has 0 atom stereocenters. The molecule has 0 aliphatic heterocycles. The molecule has 4 nitrogen and oxygen atoms in total. The average Bonchev–Trinajstić information content (AvgIpc) is 2.93. The molecular formula is C12H11N3OS. The Morgan fingerprint density at radius 2 is 2.24 bits per heavy atom. The Morgan fingerprint density at radius 1 is 1.35 bits per heavy atom. The largest absolute Gasteiger partial charge is 0.443 e. The number of aryl methyl sites for hydroxylation is 1. The van der Waals surface area contributed by atoms with Crippen LogP contribution in [0, 0.1) is 6.92 Å². The topological polar surface area (TPSA) is 51.0 Å². The SMILES string of the molecule is CNc1sc(-c2ccc3ncoc3c2)nc1C. The Morgan fingerprint density at radius 3 is 3.00 bits per heavy atom. The zero-order valence-electron chi connectivity index (χ0n) is 9.52. The van der Waals surface area contributed by atoms with E-state index in [0.29, 0.717) is 0 Å². The highest BCUT2D eigenvalue weighted by atomic mass is 32.1. The number of benzene rings is 1. The van der Waals surface area contributed by atoms with E-state index >= 15 is 0 Å². The number of thiazole rings is 1. The van der Waals surface area contributed by atoms with E-state index in [1.807, 2.05) is 32.2 Å². The van der Waals surface area contributed by atoms with E-state index in [1.54, 1.807) is 11.3 Å². The number of hydrogen-bond donors (Lipinski definition) is 1. The molecule has 3 aromatic rings. The molecule has 86 valence electrons. The predicted octanol–water partition coefficient (Wildman–Crippen LogP) is 3.30. The molecule has 2 aromatic heterocycles. The molecule has 0 saturated heterocycles. The summed E-state index contributed by atoms with van der Waals surface area (Å²) in [5, 5.41) is 5.22. The van der Waals surface area contributed by atoms with Crippen LogP contribution in [-0.4, -0.2) is 17.0 Å². The second-order valence-electron chi connectivity index (χ2n) is 3.72. The van der Waals surface area contributed by atoms with Gasteiger partial charge in [0.25, 0.3) is 0 Å². The van der Waals surface area contributed by atoms with Gasteiger partial charge in [-0.05, 0) is 25.1 Å². The van der Waals surface area contributed by atoms with E-state index in [-0.39, 0.29) is 0 Å². The lowest BCUT2D eigenvalue weighted by atomic mass is 10.2. The lowest BCUT2D eigenvalue weighted by Crippen LogP contribution is -1.85. The summed E-state index contributed by atoms with van der Waals surface area (Å²) in [6.45, 7) is 2.00. The van der Waals surface area contributed by atoms with Crippen LogP contribution >= 0.6 is 11.3 Å². The molecular weight excluding hydrogens is 234 g/mol. The highest BCUT2D eigenvalue weighted by molar-refractivity contribution is 7.19. The first kappa shape index (κ1) is 10.3. The number of anilines is 1. The van der Waals surface area contributed by atoms with Gasteiger partial charge in [0.15, 0.2) is 12.0 Å². The minimum absolute atomic E-state index is 0.793. The molecule has 0 aliphatic rings. The molecule has 2 heterocycles. The van der Waals surface area contributed by atoms with Gasteiger partial charge in [-0.25, -0.2) is 9.97 Å². The molecule has 0 amide bonds. The van der Waals surface area contributed by atoms with Crippen LogP contribution in [0.4, 0.5) is 5.00 Å². The van der Waals surface area contributed by atoms with E-state index in [1.165, 1.54) is 6.39 Å². The second-order valence-corrected chi connectivity index (χ2v) is 4.72. The average molecular weight is 245 g/mol. The number of oxazole rings is 1. The number of rotatable bonds is 2. The molecule has 0 aliphatic carbocycles. The van der Waals surface area contributed by atoms with Gasteiger partial charge in [0.2, 0.25) is 0 Å². The first-order valence-corrected chi connectivity index (χ1v) is 6.08. The molecule has 0 bridgehead atoms. The van der Waals surface area contributed by atoms with Crippen LogP contribution in [0.15, 0.2) is 29.0 Å². The first-order valence-electron chi connectivity index (χ1n) is 5.27. The van der Waals surface area contributed by atoms with Crippen molar-refractivity contribution in [2.75, 3.05) is 12.4 Å². The highest BCUT2D eigenvalue weighted by Crippen LogP contribution is 2.32. The van der Waals surface area contributed by atoms with Gasteiger partial charge in [-0.2, -0.15) is 0 Å². The van der Waals surface area contributed by atoms with Crippen LogP contribution in [0.25, 0.3) is 21.7 Å². The molecule has 0 spiro atoms. The van der Waals surface area contributed by atoms with Crippen molar-refractivity contribution >= 4 is 27.4 Å². The summed E-state index contributed by atoms with van der Waals surface area (Å²) in [4.78, 5) is 8.63. The quantitative estimate of drug-likeness (QED) is 0.752. The summed E-state index contributed by atoms with van der Waals surface area (Å²) >= 11 is 1.64. The van der Waals surface area contributed by atoms with E-state index < -0.39 is 0 Å². The fraction of sp³-hybridized carbons (Fsp3) is 0.167. The minimum atomic E-state index is 0.793. The summed E-state index contributed by atoms with van der Waals surface area (Å²) < 4.78 is 5.29. The van der Waals surface area contributed by atoms with Gasteiger partial charge in [-0.3, -0.25) is 0 Å². The zero-order valence-corrected chi connectivity index (χ0v) is 10.3. The number of fused-ring (bicyclic) bond motifs is 1. The van der Waals surface area contributed by atoms with Crippen molar-refractivity contribution in [2.45, 2.75) is 6.92 Å². The van der Waals surface area contributed by atoms with E-state index in [4.69, 9.17) is 4.42 Å². The Balaban J connectivity index is 2.12. The Kier molecular flexibility index (Phi) is 2.33. The molecule has 0 saturated carbocycles. The molecule has 0 unspecified atom stereocenters. The molecule has 1 aromatic carbocycles. The van der Waals surface area contributed by atoms with Crippen LogP contribution in [0.1, 0.15) is 5.69 Å². The fourth-order valence-electron chi connectivity index (χ4n) is 1.74. The lowest BCUT2D eigenvalue weighted by Gasteiger charge is -1.94. The van der Waals surface area contributed by atoms with Crippen molar-refractivity contribution in [3.63, 3.8) is 0 Å². The van der Waals surface area contributed by atoms with Gasteiger partial charge in [-0.15, -0.1) is 0 Å². The maximum atomic E-state index is 5.29. The minimum Gasteiger partial charge on any atom is -0.443 e. The summed E-state index contributed by atoms with van der Waals surface area (Å²) in [7, 11) is 1.91. The van der Waals surface area contributed by atoms with E-state index in [9.17, 15) is 0 Å². The Bertz CT molecular complexity index is 671. The van der Waals surface area contributed by atoms with E-state index in [0.717, 1.165) is 32.4 Å². The molecule has 17 heavy (non-hydrogen) atoms. The fourth-order valence-corrected chi connectivity index (χ4v) is 2.66. The van der Waals surface area contributed by atoms with Crippen molar-refractivity contribution in [1.82, 2.24) is 9.97 Å². The lowest BCUT2D eigenvalue weighted by molar-refractivity contribution is 0.602.